The maximum absolute atomic E-state index is 12.2. The summed E-state index contributed by atoms with van der Waals surface area (Å²) in [6, 6.07) is 7.59. The van der Waals surface area contributed by atoms with Crippen LogP contribution in [0.25, 0.3) is 5.69 Å². The largest absolute Gasteiger partial charge is 0.350 e. The van der Waals surface area contributed by atoms with Crippen LogP contribution in [0.3, 0.4) is 0 Å². The lowest BCUT2D eigenvalue weighted by molar-refractivity contribution is 0.0950. The molecule has 0 saturated carbocycles. The zero-order chi connectivity index (χ0) is 15.4. The number of amides is 1. The van der Waals surface area contributed by atoms with E-state index >= 15 is 0 Å². The second kappa shape index (κ2) is 8.17. The van der Waals surface area contributed by atoms with E-state index < -0.39 is 0 Å². The Hall–Kier alpha value is -1.56. The molecule has 2 aromatic rings. The van der Waals surface area contributed by atoms with Crippen LogP contribution >= 0.6 is 24.0 Å². The van der Waals surface area contributed by atoms with Gasteiger partial charge in [0.05, 0.1) is 23.1 Å². The molecule has 120 valence electrons. The summed E-state index contributed by atoms with van der Waals surface area (Å²) in [6.45, 7) is 4.43. The van der Waals surface area contributed by atoms with Crippen LogP contribution < -0.4 is 10.6 Å². The highest BCUT2D eigenvalue weighted by Gasteiger charge is 2.15. The van der Waals surface area contributed by atoms with Crippen molar-refractivity contribution in [2.75, 3.05) is 13.6 Å². The van der Waals surface area contributed by atoms with Crippen LogP contribution in [-0.2, 0) is 0 Å². The van der Waals surface area contributed by atoms with Crippen molar-refractivity contribution in [1.29, 1.82) is 0 Å². The summed E-state index contributed by atoms with van der Waals surface area (Å²) in [5.41, 5.74) is 2.19. The van der Waals surface area contributed by atoms with Gasteiger partial charge in [0.15, 0.2) is 0 Å². The number of carbonyl (C=O) groups is 1. The smallest absolute Gasteiger partial charge is 0.254 e. The van der Waals surface area contributed by atoms with Crippen LogP contribution in [0.2, 0.25) is 5.02 Å². The average molecular weight is 343 g/mol. The van der Waals surface area contributed by atoms with E-state index in [2.05, 4.69) is 15.7 Å². The van der Waals surface area contributed by atoms with Gasteiger partial charge in [0, 0.05) is 17.6 Å². The zero-order valence-corrected chi connectivity index (χ0v) is 14.3. The molecule has 1 unspecified atom stereocenters. The molecule has 2 N–H and O–H groups in total. The topological polar surface area (TPSA) is 58.9 Å². The summed E-state index contributed by atoms with van der Waals surface area (Å²) in [4.78, 5) is 12.2. The quantitative estimate of drug-likeness (QED) is 0.877. The summed E-state index contributed by atoms with van der Waals surface area (Å²) in [6.07, 6.45) is 1.58. The molecule has 1 amide bonds. The van der Waals surface area contributed by atoms with Gasteiger partial charge in [-0.15, -0.1) is 12.4 Å². The molecular formula is C15H20Cl2N4O. The van der Waals surface area contributed by atoms with Crippen LogP contribution in [-0.4, -0.2) is 35.3 Å². The Morgan fingerprint density at radius 3 is 2.82 bits per heavy atom. The van der Waals surface area contributed by atoms with Crippen LogP contribution in [0, 0.1) is 6.92 Å². The molecule has 1 aromatic carbocycles. The summed E-state index contributed by atoms with van der Waals surface area (Å²) >= 11 is 5.99. The van der Waals surface area contributed by atoms with E-state index in [1.54, 1.807) is 16.9 Å². The number of hydrogen-bond acceptors (Lipinski definition) is 3. The molecule has 5 nitrogen and oxygen atoms in total. The van der Waals surface area contributed by atoms with E-state index in [0.717, 1.165) is 11.4 Å². The van der Waals surface area contributed by atoms with E-state index in [4.69, 9.17) is 11.6 Å². The van der Waals surface area contributed by atoms with E-state index in [0.29, 0.717) is 17.1 Å². The van der Waals surface area contributed by atoms with Crippen molar-refractivity contribution in [2.45, 2.75) is 19.9 Å². The minimum absolute atomic E-state index is 0. The minimum atomic E-state index is -0.122. The van der Waals surface area contributed by atoms with Crippen molar-refractivity contribution < 1.29 is 4.79 Å². The van der Waals surface area contributed by atoms with Gasteiger partial charge in [-0.25, -0.2) is 4.68 Å². The Labute approximate surface area is 141 Å². The summed E-state index contributed by atoms with van der Waals surface area (Å²) < 4.78 is 1.71. The van der Waals surface area contributed by atoms with E-state index in [1.165, 1.54) is 0 Å². The average Bonchev–Trinajstić information content (AvgIpc) is 2.86. The fraction of sp³-hybridized carbons (Fsp3) is 0.333. The highest BCUT2D eigenvalue weighted by molar-refractivity contribution is 6.30. The summed E-state index contributed by atoms with van der Waals surface area (Å²) in [7, 11) is 1.86. The number of halogens is 2. The first-order chi connectivity index (χ1) is 10.0. The van der Waals surface area contributed by atoms with Crippen LogP contribution in [0.1, 0.15) is 23.0 Å². The standard InChI is InChI=1S/C15H19ClN4O.ClH/c1-10(17-3)8-18-15(21)14-9-19-20(11(14)2)13-6-4-5-12(16)7-13;/h4-7,9-10,17H,8H2,1-3H3,(H,18,21);1H. The molecule has 0 radical (unpaired) electrons. The van der Waals surface area contributed by atoms with Gasteiger partial charge in [-0.05, 0) is 39.1 Å². The van der Waals surface area contributed by atoms with Gasteiger partial charge in [0.2, 0.25) is 0 Å². The van der Waals surface area contributed by atoms with Crippen LogP contribution in [0.4, 0.5) is 0 Å². The van der Waals surface area contributed by atoms with E-state index in [9.17, 15) is 4.79 Å². The van der Waals surface area contributed by atoms with Gasteiger partial charge in [0.25, 0.3) is 5.91 Å². The van der Waals surface area contributed by atoms with Gasteiger partial charge >= 0.3 is 0 Å². The first kappa shape index (κ1) is 18.5. The third-order valence-corrected chi connectivity index (χ3v) is 3.60. The number of likely N-dealkylation sites (N-methyl/N-ethyl adjacent to an activating group) is 1. The van der Waals surface area contributed by atoms with Gasteiger partial charge < -0.3 is 10.6 Å². The maximum Gasteiger partial charge on any atom is 0.254 e. The van der Waals surface area contributed by atoms with Crippen molar-refractivity contribution in [3.63, 3.8) is 0 Å². The second-order valence-corrected chi connectivity index (χ2v) is 5.37. The number of aromatic nitrogens is 2. The molecule has 1 aromatic heterocycles. The Balaban J connectivity index is 0.00000242. The fourth-order valence-electron chi connectivity index (χ4n) is 1.94. The van der Waals surface area contributed by atoms with Crippen molar-refractivity contribution >= 4 is 29.9 Å². The Kier molecular flexibility index (Phi) is 6.87. The number of benzene rings is 1. The third-order valence-electron chi connectivity index (χ3n) is 3.37. The van der Waals surface area contributed by atoms with Crippen molar-refractivity contribution in [2.24, 2.45) is 0 Å². The Bertz CT molecular complexity index is 642. The highest BCUT2D eigenvalue weighted by Crippen LogP contribution is 2.17. The predicted molar refractivity (Wildman–Crippen MR) is 91.4 cm³/mol. The van der Waals surface area contributed by atoms with Crippen LogP contribution in [0.5, 0.6) is 0 Å². The first-order valence-corrected chi connectivity index (χ1v) is 7.16. The summed E-state index contributed by atoms with van der Waals surface area (Å²) in [5.74, 6) is -0.122. The number of carbonyl (C=O) groups excluding carboxylic acids is 1. The monoisotopic (exact) mass is 342 g/mol. The number of hydrogen-bond donors (Lipinski definition) is 2. The number of rotatable bonds is 5. The molecule has 0 saturated heterocycles. The van der Waals surface area contributed by atoms with E-state index in [1.807, 2.05) is 39.1 Å². The molecule has 1 atom stereocenters. The molecule has 0 aliphatic carbocycles. The molecule has 22 heavy (non-hydrogen) atoms. The van der Waals surface area contributed by atoms with Crippen LogP contribution in [0.15, 0.2) is 30.5 Å². The lowest BCUT2D eigenvalue weighted by Crippen LogP contribution is -2.37. The Morgan fingerprint density at radius 2 is 2.18 bits per heavy atom. The maximum atomic E-state index is 12.2. The zero-order valence-electron chi connectivity index (χ0n) is 12.8. The molecule has 2 rings (SSSR count). The minimum Gasteiger partial charge on any atom is -0.350 e. The van der Waals surface area contributed by atoms with Crippen molar-refractivity contribution in [3.8, 4) is 5.69 Å². The van der Waals surface area contributed by atoms with E-state index in [-0.39, 0.29) is 24.4 Å². The molecule has 7 heteroatoms. The lowest BCUT2D eigenvalue weighted by atomic mass is 10.2. The molecule has 0 fully saturated rings. The SMILES string of the molecule is CNC(C)CNC(=O)c1cnn(-c2cccc(Cl)c2)c1C.Cl. The third kappa shape index (κ3) is 4.22. The second-order valence-electron chi connectivity index (χ2n) is 4.94. The molecule has 0 aliphatic heterocycles. The molecule has 0 aliphatic rings. The van der Waals surface area contributed by atoms with Crippen molar-refractivity contribution in [3.05, 3.63) is 46.7 Å². The molecule has 1 heterocycles. The predicted octanol–water partition coefficient (Wildman–Crippen LogP) is 2.59. The lowest BCUT2D eigenvalue weighted by Gasteiger charge is -2.11. The van der Waals surface area contributed by atoms with Gasteiger partial charge in [-0.2, -0.15) is 5.10 Å². The molecular weight excluding hydrogens is 323 g/mol. The summed E-state index contributed by atoms with van der Waals surface area (Å²) in [5, 5.41) is 10.9. The number of nitrogens with zero attached hydrogens (tertiary/aromatic N) is 2. The van der Waals surface area contributed by atoms with Gasteiger partial charge in [-0.3, -0.25) is 4.79 Å². The molecule has 0 bridgehead atoms. The first-order valence-electron chi connectivity index (χ1n) is 6.79. The van der Waals surface area contributed by atoms with Gasteiger partial charge in [-0.1, -0.05) is 17.7 Å². The van der Waals surface area contributed by atoms with Crippen molar-refractivity contribution in [1.82, 2.24) is 20.4 Å². The Morgan fingerprint density at radius 1 is 1.45 bits per heavy atom. The highest BCUT2D eigenvalue weighted by atomic mass is 35.5. The fourth-order valence-corrected chi connectivity index (χ4v) is 2.13. The normalized spacial score (nSPS) is 11.6. The van der Waals surface area contributed by atoms with Gasteiger partial charge in [0.1, 0.15) is 0 Å². The molecule has 0 spiro atoms. The number of nitrogens with one attached hydrogen (secondary N) is 2.